The van der Waals surface area contributed by atoms with Crippen LogP contribution >= 0.6 is 0 Å². The summed E-state index contributed by atoms with van der Waals surface area (Å²) in [5, 5.41) is 3.08. The van der Waals surface area contributed by atoms with Gasteiger partial charge in [0.05, 0.1) is 0 Å². The van der Waals surface area contributed by atoms with Crippen molar-refractivity contribution in [3.63, 3.8) is 0 Å². The first-order chi connectivity index (χ1) is 11.1. The normalized spacial score (nSPS) is 17.1. The molecule has 0 bridgehead atoms. The average Bonchev–Trinajstić information content (AvgIpc) is 2.59. The Bertz CT molecular complexity index is 560. The lowest BCUT2D eigenvalue weighted by Crippen LogP contribution is -2.41. The molecule has 0 radical (unpaired) electrons. The third-order valence-corrected chi connectivity index (χ3v) is 4.22. The van der Waals surface area contributed by atoms with Crippen LogP contribution in [0.1, 0.15) is 42.1 Å². The van der Waals surface area contributed by atoms with Crippen LogP contribution in [0.5, 0.6) is 0 Å². The van der Waals surface area contributed by atoms with Gasteiger partial charge in [-0.2, -0.15) is 0 Å². The minimum Gasteiger partial charge on any atom is -0.381 e. The van der Waals surface area contributed by atoms with E-state index < -0.39 is 5.91 Å². The molecule has 124 valence electrons. The molecule has 1 aliphatic heterocycles. The van der Waals surface area contributed by atoms with Gasteiger partial charge in [-0.25, -0.2) is 0 Å². The Balaban J connectivity index is 1.90. The summed E-state index contributed by atoms with van der Waals surface area (Å²) in [7, 11) is 0. The largest absolute Gasteiger partial charge is 0.381 e. The minimum atomic E-state index is -0.458. The van der Waals surface area contributed by atoms with Crippen molar-refractivity contribution in [1.29, 1.82) is 0 Å². The number of hydrogen-bond acceptors (Lipinski definition) is 3. The van der Waals surface area contributed by atoms with Crippen LogP contribution in [0.4, 0.5) is 0 Å². The fraction of sp³-hybridized carbons (Fsp3) is 0.444. The number of carbonyl (C=O) groups excluding carboxylic acids is 2. The zero-order valence-corrected chi connectivity index (χ0v) is 13.5. The molecule has 2 rings (SSSR count). The van der Waals surface area contributed by atoms with Crippen molar-refractivity contribution in [2.24, 2.45) is 11.7 Å². The highest BCUT2D eigenvalue weighted by molar-refractivity contribution is 5.94. The van der Waals surface area contributed by atoms with Crippen LogP contribution in [0.15, 0.2) is 30.3 Å². The molecule has 1 unspecified atom stereocenters. The Morgan fingerprint density at radius 3 is 2.52 bits per heavy atom. The first-order valence-corrected chi connectivity index (χ1v) is 8.06. The van der Waals surface area contributed by atoms with Crippen LogP contribution in [0, 0.1) is 5.92 Å². The first kappa shape index (κ1) is 17.2. The van der Waals surface area contributed by atoms with Crippen LogP contribution in [0.2, 0.25) is 0 Å². The molecule has 1 aliphatic rings. The zero-order chi connectivity index (χ0) is 16.7. The Kier molecular flexibility index (Phi) is 6.35. The van der Waals surface area contributed by atoms with E-state index in [1.165, 1.54) is 6.08 Å². The van der Waals surface area contributed by atoms with Crippen molar-refractivity contribution >= 4 is 17.9 Å². The summed E-state index contributed by atoms with van der Waals surface area (Å²) in [4.78, 5) is 23.1. The Hall–Kier alpha value is -2.14. The standard InChI is InChI=1S/C18H24N2O3/c1-2-16(14-9-11-23-12-10-14)20-17(21)8-5-13-3-6-15(7-4-13)18(19)22/h3-8,14,16H,2,9-12H2,1H3,(H2,19,22)(H,20,21)/b8-5+. The Labute approximate surface area is 136 Å². The molecular formula is C18H24N2O3. The van der Waals surface area contributed by atoms with E-state index in [0.29, 0.717) is 11.5 Å². The summed E-state index contributed by atoms with van der Waals surface area (Å²) >= 11 is 0. The van der Waals surface area contributed by atoms with Gasteiger partial charge in [0.2, 0.25) is 11.8 Å². The SMILES string of the molecule is CCC(NC(=O)/C=C/c1ccc(C(N)=O)cc1)C1CCOCC1. The van der Waals surface area contributed by atoms with Crippen molar-refractivity contribution in [3.05, 3.63) is 41.5 Å². The minimum absolute atomic E-state index is 0.0951. The molecule has 0 spiro atoms. The second-order valence-electron chi connectivity index (χ2n) is 5.79. The van der Waals surface area contributed by atoms with Crippen LogP contribution in [-0.4, -0.2) is 31.1 Å². The summed E-state index contributed by atoms with van der Waals surface area (Å²) in [6, 6.07) is 7.01. The summed E-state index contributed by atoms with van der Waals surface area (Å²) in [6.45, 7) is 3.64. The fourth-order valence-electron chi connectivity index (χ4n) is 2.83. The smallest absolute Gasteiger partial charge is 0.248 e. The summed E-state index contributed by atoms with van der Waals surface area (Å²) in [6.07, 6.45) is 6.17. The molecule has 1 atom stereocenters. The predicted octanol–water partition coefficient (Wildman–Crippen LogP) is 2.12. The maximum atomic E-state index is 12.1. The van der Waals surface area contributed by atoms with E-state index in [1.807, 2.05) is 0 Å². The van der Waals surface area contributed by atoms with Crippen molar-refractivity contribution in [2.45, 2.75) is 32.2 Å². The van der Waals surface area contributed by atoms with Gasteiger partial charge < -0.3 is 15.8 Å². The van der Waals surface area contributed by atoms with Crippen LogP contribution in [0.25, 0.3) is 6.08 Å². The molecule has 1 aromatic carbocycles. The number of nitrogens with two attached hydrogens (primary N) is 1. The summed E-state index contributed by atoms with van der Waals surface area (Å²) in [5.41, 5.74) is 6.50. The second kappa shape index (κ2) is 8.48. The van der Waals surface area contributed by atoms with E-state index in [0.717, 1.165) is 38.0 Å². The lowest BCUT2D eigenvalue weighted by molar-refractivity contribution is -0.117. The van der Waals surface area contributed by atoms with Crippen molar-refractivity contribution in [3.8, 4) is 0 Å². The molecule has 0 aliphatic carbocycles. The number of nitrogens with one attached hydrogen (secondary N) is 1. The van der Waals surface area contributed by atoms with E-state index in [9.17, 15) is 9.59 Å². The number of ether oxygens (including phenoxy) is 1. The maximum absolute atomic E-state index is 12.1. The average molecular weight is 316 g/mol. The molecule has 2 amide bonds. The number of amides is 2. The van der Waals surface area contributed by atoms with Gasteiger partial charge in [-0.1, -0.05) is 19.1 Å². The van der Waals surface area contributed by atoms with E-state index in [1.54, 1.807) is 30.3 Å². The molecule has 0 saturated carbocycles. The van der Waals surface area contributed by atoms with E-state index in [4.69, 9.17) is 10.5 Å². The van der Waals surface area contributed by atoms with Crippen LogP contribution in [-0.2, 0) is 9.53 Å². The van der Waals surface area contributed by atoms with Gasteiger partial charge in [0, 0.05) is 30.9 Å². The predicted molar refractivity (Wildman–Crippen MR) is 89.8 cm³/mol. The topological polar surface area (TPSA) is 81.4 Å². The molecular weight excluding hydrogens is 292 g/mol. The van der Waals surface area contributed by atoms with E-state index in [-0.39, 0.29) is 11.9 Å². The third-order valence-electron chi connectivity index (χ3n) is 4.22. The molecule has 1 aromatic rings. The van der Waals surface area contributed by atoms with Gasteiger partial charge in [-0.15, -0.1) is 0 Å². The monoisotopic (exact) mass is 316 g/mol. The highest BCUT2D eigenvalue weighted by Crippen LogP contribution is 2.20. The lowest BCUT2D eigenvalue weighted by atomic mass is 9.90. The van der Waals surface area contributed by atoms with Crippen molar-refractivity contribution in [1.82, 2.24) is 5.32 Å². The quantitative estimate of drug-likeness (QED) is 0.789. The Morgan fingerprint density at radius 1 is 1.30 bits per heavy atom. The first-order valence-electron chi connectivity index (χ1n) is 8.06. The van der Waals surface area contributed by atoms with Crippen LogP contribution in [0.3, 0.4) is 0 Å². The van der Waals surface area contributed by atoms with Crippen molar-refractivity contribution in [2.75, 3.05) is 13.2 Å². The summed E-state index contributed by atoms with van der Waals surface area (Å²) in [5.74, 6) is -0.0659. The van der Waals surface area contributed by atoms with Gasteiger partial charge >= 0.3 is 0 Å². The number of carbonyl (C=O) groups is 2. The molecule has 0 aromatic heterocycles. The molecule has 5 heteroatoms. The van der Waals surface area contributed by atoms with E-state index >= 15 is 0 Å². The highest BCUT2D eigenvalue weighted by Gasteiger charge is 2.23. The van der Waals surface area contributed by atoms with Gasteiger partial charge in [-0.05, 0) is 49.0 Å². The van der Waals surface area contributed by atoms with Gasteiger partial charge in [0.1, 0.15) is 0 Å². The van der Waals surface area contributed by atoms with Gasteiger partial charge in [-0.3, -0.25) is 9.59 Å². The second-order valence-corrected chi connectivity index (χ2v) is 5.79. The molecule has 1 fully saturated rings. The zero-order valence-electron chi connectivity index (χ0n) is 13.5. The Morgan fingerprint density at radius 2 is 1.96 bits per heavy atom. The maximum Gasteiger partial charge on any atom is 0.248 e. The van der Waals surface area contributed by atoms with E-state index in [2.05, 4.69) is 12.2 Å². The molecule has 23 heavy (non-hydrogen) atoms. The van der Waals surface area contributed by atoms with Crippen LogP contribution < -0.4 is 11.1 Å². The summed E-state index contributed by atoms with van der Waals surface area (Å²) < 4.78 is 5.37. The molecule has 1 saturated heterocycles. The van der Waals surface area contributed by atoms with Gasteiger partial charge in [0.15, 0.2) is 0 Å². The number of benzene rings is 1. The number of hydrogen-bond donors (Lipinski definition) is 2. The highest BCUT2D eigenvalue weighted by atomic mass is 16.5. The molecule has 3 N–H and O–H groups in total. The number of rotatable bonds is 6. The van der Waals surface area contributed by atoms with Crippen molar-refractivity contribution < 1.29 is 14.3 Å². The third kappa shape index (κ3) is 5.21. The lowest BCUT2D eigenvalue weighted by Gasteiger charge is -2.29. The number of primary amides is 1. The molecule has 1 heterocycles. The fourth-order valence-corrected chi connectivity index (χ4v) is 2.83. The molecule has 5 nitrogen and oxygen atoms in total. The van der Waals surface area contributed by atoms with Gasteiger partial charge in [0.25, 0.3) is 0 Å².